The molecule has 86 valence electrons. The monoisotopic (exact) mass is 216 g/mol. The highest BCUT2D eigenvalue weighted by Gasteiger charge is 2.18. The first kappa shape index (κ1) is 14.2. The summed E-state index contributed by atoms with van der Waals surface area (Å²) in [6.45, 7) is 14.8. The van der Waals surface area contributed by atoms with E-state index in [1.54, 1.807) is 0 Å². The highest BCUT2D eigenvalue weighted by molar-refractivity contribution is 6.29. The Morgan fingerprint density at radius 2 is 1.43 bits per heavy atom. The van der Waals surface area contributed by atoms with Crippen molar-refractivity contribution >= 4 is 9.76 Å². The summed E-state index contributed by atoms with van der Waals surface area (Å²) in [7, 11) is -0.313. The fraction of sp³-hybridized carbons (Fsp3) is 1.00. The van der Waals surface area contributed by atoms with Crippen LogP contribution in [0, 0.1) is 17.8 Å². The van der Waals surface area contributed by atoms with Crippen LogP contribution in [0.1, 0.15) is 48.0 Å². The minimum atomic E-state index is -0.313. The molecule has 14 heavy (non-hydrogen) atoms. The summed E-state index contributed by atoms with van der Waals surface area (Å²) in [4.78, 5) is 0. The molecule has 2 heteroatoms. The third kappa shape index (κ3) is 6.60. The van der Waals surface area contributed by atoms with Crippen molar-refractivity contribution in [1.29, 1.82) is 0 Å². The molecule has 0 rings (SSSR count). The van der Waals surface area contributed by atoms with Crippen molar-refractivity contribution in [1.82, 2.24) is 0 Å². The van der Waals surface area contributed by atoms with Crippen LogP contribution >= 0.6 is 0 Å². The van der Waals surface area contributed by atoms with Crippen molar-refractivity contribution in [3.8, 4) is 0 Å². The van der Waals surface area contributed by atoms with Gasteiger partial charge in [0.1, 0.15) is 0 Å². The predicted octanol–water partition coefficient (Wildman–Crippen LogP) is 3.23. The molecular formula is C12H28OSi. The van der Waals surface area contributed by atoms with Crippen LogP contribution in [0.5, 0.6) is 0 Å². The molecule has 0 saturated carbocycles. The first-order valence-electron chi connectivity index (χ1n) is 6.02. The van der Waals surface area contributed by atoms with E-state index in [9.17, 15) is 0 Å². The lowest BCUT2D eigenvalue weighted by Crippen LogP contribution is -2.19. The van der Waals surface area contributed by atoms with Gasteiger partial charge in [-0.1, -0.05) is 41.5 Å². The van der Waals surface area contributed by atoms with E-state index in [0.717, 1.165) is 29.9 Å². The summed E-state index contributed by atoms with van der Waals surface area (Å²) in [5, 5.41) is 0. The first-order chi connectivity index (χ1) is 6.45. The zero-order chi connectivity index (χ0) is 11.1. The topological polar surface area (TPSA) is 9.23 Å². The maximum absolute atomic E-state index is 5.87. The molecule has 0 aromatic rings. The van der Waals surface area contributed by atoms with Gasteiger partial charge in [-0.15, -0.1) is 0 Å². The quantitative estimate of drug-likeness (QED) is 0.469. The van der Waals surface area contributed by atoms with E-state index in [4.69, 9.17) is 4.43 Å². The fourth-order valence-corrected chi connectivity index (χ4v) is 3.07. The van der Waals surface area contributed by atoms with Crippen molar-refractivity contribution < 1.29 is 4.43 Å². The highest BCUT2D eigenvalue weighted by Crippen LogP contribution is 2.25. The average molecular weight is 216 g/mol. The molecule has 0 unspecified atom stereocenters. The molecule has 0 atom stereocenters. The van der Waals surface area contributed by atoms with Gasteiger partial charge in [-0.25, -0.2) is 0 Å². The maximum Gasteiger partial charge on any atom is 0.165 e. The third-order valence-corrected chi connectivity index (χ3v) is 5.66. The van der Waals surface area contributed by atoms with Gasteiger partial charge in [-0.3, -0.25) is 0 Å². The summed E-state index contributed by atoms with van der Waals surface area (Å²) in [6, 6.07) is 0. The van der Waals surface area contributed by atoms with Crippen LogP contribution in [0.2, 0.25) is 5.54 Å². The second kappa shape index (κ2) is 7.47. The lowest BCUT2D eigenvalue weighted by Gasteiger charge is -2.24. The van der Waals surface area contributed by atoms with Crippen LogP contribution in [0.3, 0.4) is 0 Å². The largest absolute Gasteiger partial charge is 0.424 e. The molecule has 0 spiro atoms. The van der Waals surface area contributed by atoms with E-state index in [1.165, 1.54) is 6.42 Å². The van der Waals surface area contributed by atoms with E-state index >= 15 is 0 Å². The van der Waals surface area contributed by atoms with Crippen molar-refractivity contribution in [2.75, 3.05) is 6.61 Å². The summed E-state index contributed by atoms with van der Waals surface area (Å²) in [5.41, 5.74) is 0.849. The minimum Gasteiger partial charge on any atom is -0.424 e. The molecule has 0 bridgehead atoms. The molecule has 0 aliphatic rings. The van der Waals surface area contributed by atoms with E-state index in [1.807, 2.05) is 0 Å². The van der Waals surface area contributed by atoms with E-state index in [2.05, 4.69) is 41.5 Å². The molecule has 0 aromatic carbocycles. The average Bonchev–Trinajstić information content (AvgIpc) is 2.01. The Balaban J connectivity index is 3.62. The molecule has 0 fully saturated rings. The van der Waals surface area contributed by atoms with Crippen LogP contribution in [0.25, 0.3) is 0 Å². The Labute approximate surface area is 92.6 Å². The van der Waals surface area contributed by atoms with Crippen LogP contribution in [0.4, 0.5) is 0 Å². The van der Waals surface area contributed by atoms with Gasteiger partial charge in [0, 0.05) is 6.61 Å². The molecular weight excluding hydrogens is 188 g/mol. The number of hydrogen-bond acceptors (Lipinski definition) is 1. The van der Waals surface area contributed by atoms with Gasteiger partial charge in [-0.2, -0.15) is 0 Å². The van der Waals surface area contributed by atoms with Gasteiger partial charge in [-0.05, 0) is 29.7 Å². The van der Waals surface area contributed by atoms with E-state index < -0.39 is 0 Å². The lowest BCUT2D eigenvalue weighted by atomic mass is 10.00. The van der Waals surface area contributed by atoms with Crippen LogP contribution in [-0.4, -0.2) is 16.4 Å². The predicted molar refractivity (Wildman–Crippen MR) is 67.4 cm³/mol. The van der Waals surface area contributed by atoms with Crippen molar-refractivity contribution in [2.24, 2.45) is 17.8 Å². The van der Waals surface area contributed by atoms with Crippen LogP contribution in [0.15, 0.2) is 0 Å². The van der Waals surface area contributed by atoms with Gasteiger partial charge in [0.2, 0.25) is 0 Å². The maximum atomic E-state index is 5.87. The number of rotatable bonds is 7. The van der Waals surface area contributed by atoms with E-state index in [0.29, 0.717) is 0 Å². The van der Waals surface area contributed by atoms with Crippen molar-refractivity contribution in [3.63, 3.8) is 0 Å². The minimum absolute atomic E-state index is 0.313. The van der Waals surface area contributed by atoms with Gasteiger partial charge < -0.3 is 4.43 Å². The van der Waals surface area contributed by atoms with Gasteiger partial charge >= 0.3 is 0 Å². The summed E-state index contributed by atoms with van der Waals surface area (Å²) < 4.78 is 5.87. The zero-order valence-corrected chi connectivity index (χ0v) is 12.3. The standard InChI is InChI=1S/C12H28OSi/c1-9(2)7-8-13-14-12(10(3)4)11(5)6/h9-12H,7-8,14H2,1-6H3. The summed E-state index contributed by atoms with van der Waals surface area (Å²) in [6.07, 6.45) is 1.22. The summed E-state index contributed by atoms with van der Waals surface area (Å²) >= 11 is 0. The van der Waals surface area contributed by atoms with Gasteiger partial charge in [0.25, 0.3) is 0 Å². The highest BCUT2D eigenvalue weighted by atomic mass is 28.2. The molecule has 0 radical (unpaired) electrons. The van der Waals surface area contributed by atoms with Crippen molar-refractivity contribution in [2.45, 2.75) is 53.5 Å². The van der Waals surface area contributed by atoms with Crippen molar-refractivity contribution in [3.05, 3.63) is 0 Å². The molecule has 0 N–H and O–H groups in total. The Hall–Kier alpha value is 0.177. The Morgan fingerprint density at radius 1 is 0.929 bits per heavy atom. The smallest absolute Gasteiger partial charge is 0.165 e. The van der Waals surface area contributed by atoms with Crippen LogP contribution < -0.4 is 0 Å². The molecule has 0 aliphatic heterocycles. The second-order valence-corrected chi connectivity index (χ2v) is 7.09. The summed E-state index contributed by atoms with van der Waals surface area (Å²) in [5.74, 6) is 2.36. The molecule has 0 saturated heterocycles. The Morgan fingerprint density at radius 3 is 1.79 bits per heavy atom. The number of hydrogen-bond donors (Lipinski definition) is 0. The third-order valence-electron chi connectivity index (χ3n) is 2.86. The molecule has 0 amide bonds. The van der Waals surface area contributed by atoms with Crippen LogP contribution in [-0.2, 0) is 4.43 Å². The zero-order valence-electron chi connectivity index (χ0n) is 10.8. The Bertz CT molecular complexity index is 124. The Kier molecular flexibility index (Phi) is 7.56. The molecule has 1 nitrogen and oxygen atoms in total. The normalized spacial score (nSPS) is 13.3. The SMILES string of the molecule is CC(C)CCO[SiH2]C(C(C)C)C(C)C. The molecule has 0 aliphatic carbocycles. The van der Waals surface area contributed by atoms with Gasteiger partial charge in [0.15, 0.2) is 9.76 Å². The second-order valence-electron chi connectivity index (χ2n) is 5.41. The molecule has 0 aromatic heterocycles. The van der Waals surface area contributed by atoms with E-state index in [-0.39, 0.29) is 9.76 Å². The van der Waals surface area contributed by atoms with Gasteiger partial charge in [0.05, 0.1) is 0 Å². The molecule has 0 heterocycles. The lowest BCUT2D eigenvalue weighted by molar-refractivity contribution is 0.284. The first-order valence-corrected chi connectivity index (χ1v) is 7.42. The fourth-order valence-electron chi connectivity index (χ4n) is 1.69.